The van der Waals surface area contributed by atoms with Gasteiger partial charge < -0.3 is 15.4 Å². The van der Waals surface area contributed by atoms with Gasteiger partial charge in [-0.15, -0.1) is 0 Å². The minimum Gasteiger partial charge on any atom is -0.379 e. The third kappa shape index (κ3) is 4.39. The first-order valence-electron chi connectivity index (χ1n) is 11.3. The summed E-state index contributed by atoms with van der Waals surface area (Å²) in [6.45, 7) is 9.46. The molecule has 1 saturated heterocycles. The van der Waals surface area contributed by atoms with E-state index in [0.29, 0.717) is 31.3 Å². The predicted octanol–water partition coefficient (Wildman–Crippen LogP) is 5.54. The number of ether oxygens (including phenoxy) is 1. The molecular weight excluding hydrogens is 480 g/mol. The van der Waals surface area contributed by atoms with Gasteiger partial charge in [-0.2, -0.15) is 26.3 Å². The van der Waals surface area contributed by atoms with Crippen molar-refractivity contribution in [2.24, 2.45) is 16.7 Å². The summed E-state index contributed by atoms with van der Waals surface area (Å²) in [5, 5.41) is 5.91. The maximum absolute atomic E-state index is 13.2. The van der Waals surface area contributed by atoms with E-state index < -0.39 is 23.5 Å². The second-order valence-electron chi connectivity index (χ2n) is 10.3. The Labute approximate surface area is 200 Å². The Morgan fingerprint density at radius 2 is 1.56 bits per heavy atom. The monoisotopic (exact) mass is 509 g/mol. The van der Waals surface area contributed by atoms with Crippen molar-refractivity contribution in [1.82, 2.24) is 10.2 Å². The first-order valence-corrected chi connectivity index (χ1v) is 11.7. The second kappa shape index (κ2) is 8.51. The van der Waals surface area contributed by atoms with E-state index in [1.165, 1.54) is 0 Å². The van der Waals surface area contributed by atoms with Gasteiger partial charge in [-0.1, -0.05) is 20.8 Å². The molecule has 2 bridgehead atoms. The van der Waals surface area contributed by atoms with E-state index in [1.807, 2.05) is 0 Å². The molecule has 2 saturated carbocycles. The van der Waals surface area contributed by atoms with Crippen molar-refractivity contribution >= 4 is 23.0 Å². The average Bonchev–Trinajstić information content (AvgIpc) is 3.05. The summed E-state index contributed by atoms with van der Waals surface area (Å²) in [6.07, 6.45) is -7.81. The highest BCUT2D eigenvalue weighted by atomic mass is 32.1. The van der Waals surface area contributed by atoms with Crippen LogP contribution < -0.4 is 10.6 Å². The summed E-state index contributed by atoms with van der Waals surface area (Å²) in [4.78, 5) is 2.38. The van der Waals surface area contributed by atoms with Gasteiger partial charge in [-0.3, -0.25) is 4.90 Å². The van der Waals surface area contributed by atoms with Crippen LogP contribution in [0.5, 0.6) is 0 Å². The number of morpholine rings is 1. The van der Waals surface area contributed by atoms with Gasteiger partial charge >= 0.3 is 12.4 Å². The van der Waals surface area contributed by atoms with Gasteiger partial charge in [0.2, 0.25) is 0 Å². The van der Waals surface area contributed by atoms with Crippen LogP contribution in [0.25, 0.3) is 0 Å². The predicted molar refractivity (Wildman–Crippen MR) is 120 cm³/mol. The highest BCUT2D eigenvalue weighted by Crippen LogP contribution is 2.66. The molecule has 0 amide bonds. The van der Waals surface area contributed by atoms with Crippen LogP contribution in [-0.2, 0) is 17.1 Å². The summed E-state index contributed by atoms with van der Waals surface area (Å²) >= 11 is 5.41. The van der Waals surface area contributed by atoms with E-state index in [9.17, 15) is 26.3 Å². The molecule has 1 aromatic rings. The largest absolute Gasteiger partial charge is 0.416 e. The molecule has 2 aliphatic carbocycles. The number of fused-ring (bicyclic) bond motifs is 2. The Morgan fingerprint density at radius 3 is 2.09 bits per heavy atom. The lowest BCUT2D eigenvalue weighted by molar-refractivity contribution is -0.143. The quantitative estimate of drug-likeness (QED) is 0.414. The van der Waals surface area contributed by atoms with Crippen LogP contribution >= 0.6 is 12.2 Å². The van der Waals surface area contributed by atoms with E-state index in [4.69, 9.17) is 17.0 Å². The number of benzene rings is 1. The molecular formula is C23H29F6N3OS. The highest BCUT2D eigenvalue weighted by Gasteiger charge is 2.67. The average molecular weight is 510 g/mol. The third-order valence-corrected chi connectivity index (χ3v) is 8.63. The summed E-state index contributed by atoms with van der Waals surface area (Å²) in [5.41, 5.74) is -3.27. The van der Waals surface area contributed by atoms with E-state index in [0.717, 1.165) is 25.9 Å². The zero-order chi connectivity index (χ0) is 25.1. The fourth-order valence-electron chi connectivity index (χ4n) is 6.25. The number of hydrogen-bond acceptors (Lipinski definition) is 3. The number of nitrogens with one attached hydrogen (secondary N) is 2. The molecule has 3 aliphatic rings. The van der Waals surface area contributed by atoms with Crippen molar-refractivity contribution in [2.45, 2.75) is 58.0 Å². The fourth-order valence-corrected chi connectivity index (χ4v) is 6.49. The van der Waals surface area contributed by atoms with Gasteiger partial charge in [0.05, 0.1) is 24.3 Å². The normalized spacial score (nSPS) is 31.5. The molecule has 4 atom stereocenters. The van der Waals surface area contributed by atoms with Crippen molar-refractivity contribution in [3.05, 3.63) is 29.3 Å². The summed E-state index contributed by atoms with van der Waals surface area (Å²) in [7, 11) is 0. The molecule has 1 aromatic carbocycles. The minimum atomic E-state index is -4.92. The molecule has 0 radical (unpaired) electrons. The topological polar surface area (TPSA) is 36.5 Å². The summed E-state index contributed by atoms with van der Waals surface area (Å²) < 4.78 is 84.9. The van der Waals surface area contributed by atoms with Crippen LogP contribution in [0.15, 0.2) is 18.2 Å². The Bertz CT molecular complexity index is 911. The lowest BCUT2D eigenvalue weighted by Crippen LogP contribution is -2.60. The van der Waals surface area contributed by atoms with Gasteiger partial charge in [0, 0.05) is 30.9 Å². The smallest absolute Gasteiger partial charge is 0.379 e. The van der Waals surface area contributed by atoms with Crippen LogP contribution in [0.4, 0.5) is 32.0 Å². The molecule has 4 nitrogen and oxygen atoms in total. The van der Waals surface area contributed by atoms with Gasteiger partial charge in [0.25, 0.3) is 0 Å². The molecule has 3 fully saturated rings. The van der Waals surface area contributed by atoms with E-state index >= 15 is 0 Å². The molecule has 190 valence electrons. The van der Waals surface area contributed by atoms with Crippen molar-refractivity contribution in [2.75, 3.05) is 31.6 Å². The van der Waals surface area contributed by atoms with E-state index in [-0.39, 0.29) is 39.8 Å². The van der Waals surface area contributed by atoms with E-state index in [2.05, 4.69) is 36.3 Å². The maximum atomic E-state index is 13.2. The minimum absolute atomic E-state index is 0.0110. The molecule has 11 heteroatoms. The number of anilines is 1. The Kier molecular flexibility index (Phi) is 6.39. The van der Waals surface area contributed by atoms with Crippen molar-refractivity contribution in [1.29, 1.82) is 0 Å². The third-order valence-electron chi connectivity index (χ3n) is 8.41. The first-order chi connectivity index (χ1) is 15.6. The lowest BCUT2D eigenvalue weighted by atomic mass is 9.69. The number of nitrogens with zero attached hydrogens (tertiary/aromatic N) is 1. The molecule has 0 aromatic heterocycles. The van der Waals surface area contributed by atoms with Crippen LogP contribution in [0.1, 0.15) is 44.7 Å². The number of halogens is 6. The molecule has 0 spiro atoms. The summed E-state index contributed by atoms with van der Waals surface area (Å²) in [6, 6.07) is 1.44. The van der Waals surface area contributed by atoms with Crippen LogP contribution in [-0.4, -0.2) is 48.4 Å². The van der Waals surface area contributed by atoms with Gasteiger partial charge in [0.1, 0.15) is 0 Å². The standard InChI is InChI=1S/C23H29F6N3OS/c1-20(2)16-4-5-21(20,3)18(17(16)32-6-8-33-9-7-32)31-19(34)30-15-11-13(22(24,25)26)10-14(12-15)23(27,28)29/h10-12,16-18H,4-9H2,1-3H3,(H2,30,31,34)/t16?,17-,18+,21?/m1/s1. The number of alkyl halides is 6. The zero-order valence-electron chi connectivity index (χ0n) is 19.2. The van der Waals surface area contributed by atoms with Crippen LogP contribution in [0.3, 0.4) is 0 Å². The van der Waals surface area contributed by atoms with Crippen molar-refractivity contribution < 1.29 is 31.1 Å². The molecule has 4 rings (SSSR count). The van der Waals surface area contributed by atoms with E-state index in [1.54, 1.807) is 0 Å². The molecule has 1 aliphatic heterocycles. The fraction of sp³-hybridized carbons (Fsp3) is 0.696. The molecule has 2 N–H and O–H groups in total. The Balaban J connectivity index is 1.59. The van der Waals surface area contributed by atoms with Gasteiger partial charge in [0.15, 0.2) is 5.11 Å². The number of thiocarbonyl (C=S) groups is 1. The van der Waals surface area contributed by atoms with Crippen molar-refractivity contribution in [3.63, 3.8) is 0 Å². The highest BCUT2D eigenvalue weighted by molar-refractivity contribution is 7.80. The first kappa shape index (κ1) is 25.5. The SMILES string of the molecule is CC1(C)C2CCC1(C)[C@@H](NC(=S)Nc1cc(C(F)(F)F)cc(C(F)(F)F)c1)[C@@H]2N1CCOCC1. The van der Waals surface area contributed by atoms with Gasteiger partial charge in [-0.25, -0.2) is 0 Å². The number of hydrogen-bond donors (Lipinski definition) is 2. The lowest BCUT2D eigenvalue weighted by Gasteiger charge is -2.45. The Morgan fingerprint density at radius 1 is 1.00 bits per heavy atom. The second-order valence-corrected chi connectivity index (χ2v) is 10.7. The molecule has 2 unspecified atom stereocenters. The Hall–Kier alpha value is -1.59. The number of rotatable bonds is 3. The van der Waals surface area contributed by atoms with Crippen LogP contribution in [0.2, 0.25) is 0 Å². The van der Waals surface area contributed by atoms with Crippen LogP contribution in [0, 0.1) is 16.7 Å². The molecule has 1 heterocycles. The molecule has 34 heavy (non-hydrogen) atoms. The maximum Gasteiger partial charge on any atom is 0.416 e. The van der Waals surface area contributed by atoms with Gasteiger partial charge in [-0.05, 0) is 60.0 Å². The zero-order valence-corrected chi connectivity index (χ0v) is 20.1. The van der Waals surface area contributed by atoms with Crippen molar-refractivity contribution in [3.8, 4) is 0 Å². The summed E-state index contributed by atoms with van der Waals surface area (Å²) in [5.74, 6) is 0.390.